The number of nitrogens with two attached hydrogens (primary N) is 1. The molecule has 0 bridgehead atoms. The van der Waals surface area contributed by atoms with E-state index in [4.69, 9.17) is 21.5 Å². The molecule has 138 valence electrons. The van der Waals surface area contributed by atoms with Crippen LogP contribution in [0.4, 0.5) is 5.69 Å². The Labute approximate surface area is 156 Å². The van der Waals surface area contributed by atoms with Crippen molar-refractivity contribution in [3.05, 3.63) is 58.6 Å². The first-order chi connectivity index (χ1) is 12.1. The van der Waals surface area contributed by atoms with E-state index >= 15 is 0 Å². The zero-order chi connectivity index (χ0) is 19.5. The van der Waals surface area contributed by atoms with E-state index in [0.717, 1.165) is 6.07 Å². The Hall–Kier alpha value is -2.42. The lowest BCUT2D eigenvalue weighted by molar-refractivity contribution is -0.123. The quantitative estimate of drug-likeness (QED) is 0.753. The summed E-state index contributed by atoms with van der Waals surface area (Å²) in [5, 5.41) is 8.22. The molecule has 2 aromatic rings. The van der Waals surface area contributed by atoms with Crippen LogP contribution in [-0.4, -0.2) is 26.4 Å². The Morgan fingerprint density at radius 2 is 1.77 bits per heavy atom. The molecule has 1 amide bonds. The minimum absolute atomic E-state index is 0.0224. The van der Waals surface area contributed by atoms with E-state index in [2.05, 4.69) is 5.32 Å². The van der Waals surface area contributed by atoms with Crippen LogP contribution in [0.3, 0.4) is 0 Å². The van der Waals surface area contributed by atoms with Gasteiger partial charge in [-0.1, -0.05) is 17.7 Å². The van der Waals surface area contributed by atoms with Crippen LogP contribution >= 0.6 is 11.6 Å². The highest BCUT2D eigenvalue weighted by atomic mass is 35.5. The number of primary sulfonamides is 1. The van der Waals surface area contributed by atoms with Crippen molar-refractivity contribution in [3.8, 4) is 0 Å². The number of anilines is 1. The van der Waals surface area contributed by atoms with E-state index in [-0.39, 0.29) is 10.5 Å². The molecule has 0 aromatic heterocycles. The molecule has 0 spiro atoms. The fourth-order valence-electron chi connectivity index (χ4n) is 2.09. The van der Waals surface area contributed by atoms with Crippen molar-refractivity contribution in [2.75, 3.05) is 5.32 Å². The average molecular weight is 397 g/mol. The Morgan fingerprint density at radius 3 is 2.35 bits per heavy atom. The Morgan fingerprint density at radius 1 is 1.15 bits per heavy atom. The standard InChI is InChI=1S/C17H17ClN2O5S/c1-10-3-4-12(9-15(10)26(19,23)24)17(22)25-11(2)16(21)20-14-7-5-13(18)6-8-14/h3-9,11H,1-2H3,(H,20,21)(H2,19,23,24). The summed E-state index contributed by atoms with van der Waals surface area (Å²) < 4.78 is 28.2. The lowest BCUT2D eigenvalue weighted by Gasteiger charge is -2.14. The zero-order valence-electron chi connectivity index (χ0n) is 14.0. The Kier molecular flexibility index (Phi) is 6.01. The highest BCUT2D eigenvalue weighted by Gasteiger charge is 2.21. The van der Waals surface area contributed by atoms with Gasteiger partial charge in [0.2, 0.25) is 10.0 Å². The predicted octanol–water partition coefficient (Wildman–Crippen LogP) is 2.48. The van der Waals surface area contributed by atoms with Crippen molar-refractivity contribution in [2.24, 2.45) is 5.14 Å². The summed E-state index contributed by atoms with van der Waals surface area (Å²) in [5.74, 6) is -1.38. The van der Waals surface area contributed by atoms with E-state index in [1.807, 2.05) is 0 Å². The summed E-state index contributed by atoms with van der Waals surface area (Å²) in [7, 11) is -3.98. The minimum Gasteiger partial charge on any atom is -0.449 e. The molecule has 2 aromatic carbocycles. The number of esters is 1. The third kappa shape index (κ3) is 5.04. The van der Waals surface area contributed by atoms with Gasteiger partial charge in [0.1, 0.15) is 0 Å². The molecule has 0 aliphatic carbocycles. The van der Waals surface area contributed by atoms with E-state index in [1.165, 1.54) is 19.1 Å². The molecule has 9 heteroatoms. The third-order valence-corrected chi connectivity index (χ3v) is 4.80. The van der Waals surface area contributed by atoms with Crippen LogP contribution in [-0.2, 0) is 19.6 Å². The van der Waals surface area contributed by atoms with Crippen molar-refractivity contribution in [2.45, 2.75) is 24.8 Å². The van der Waals surface area contributed by atoms with Crippen molar-refractivity contribution >= 4 is 39.2 Å². The number of hydrogen-bond acceptors (Lipinski definition) is 5. The van der Waals surface area contributed by atoms with Crippen LogP contribution in [0, 0.1) is 6.92 Å². The summed E-state index contributed by atoms with van der Waals surface area (Å²) in [5.41, 5.74) is 0.873. The second-order valence-electron chi connectivity index (χ2n) is 5.57. The number of carbonyl (C=O) groups excluding carboxylic acids is 2. The maximum absolute atomic E-state index is 12.2. The molecule has 26 heavy (non-hydrogen) atoms. The largest absolute Gasteiger partial charge is 0.449 e. The molecular formula is C17H17ClN2O5S. The van der Waals surface area contributed by atoms with Crippen molar-refractivity contribution < 1.29 is 22.7 Å². The molecule has 0 radical (unpaired) electrons. The average Bonchev–Trinajstić information content (AvgIpc) is 2.56. The van der Waals surface area contributed by atoms with Gasteiger partial charge in [-0.15, -0.1) is 0 Å². The van der Waals surface area contributed by atoms with E-state index in [1.54, 1.807) is 31.2 Å². The lowest BCUT2D eigenvalue weighted by Crippen LogP contribution is -2.30. The van der Waals surface area contributed by atoms with E-state index < -0.39 is 28.0 Å². The van der Waals surface area contributed by atoms with Gasteiger partial charge in [-0.05, 0) is 55.8 Å². The molecule has 3 N–H and O–H groups in total. The first-order valence-electron chi connectivity index (χ1n) is 7.49. The lowest BCUT2D eigenvalue weighted by atomic mass is 10.1. The van der Waals surface area contributed by atoms with Crippen LogP contribution in [0.5, 0.6) is 0 Å². The van der Waals surface area contributed by atoms with Crippen LogP contribution < -0.4 is 10.5 Å². The van der Waals surface area contributed by atoms with Crippen molar-refractivity contribution in [3.63, 3.8) is 0 Å². The monoisotopic (exact) mass is 396 g/mol. The molecule has 1 atom stereocenters. The number of amides is 1. The molecule has 0 saturated heterocycles. The highest BCUT2D eigenvalue weighted by Crippen LogP contribution is 2.17. The van der Waals surface area contributed by atoms with Crippen molar-refractivity contribution in [1.82, 2.24) is 0 Å². The van der Waals surface area contributed by atoms with Gasteiger partial charge in [0.05, 0.1) is 10.5 Å². The number of hydrogen-bond donors (Lipinski definition) is 2. The van der Waals surface area contributed by atoms with Crippen LogP contribution in [0.25, 0.3) is 0 Å². The topological polar surface area (TPSA) is 116 Å². The molecule has 0 aliphatic rings. The number of aryl methyl sites for hydroxylation is 1. The van der Waals surface area contributed by atoms with Crippen LogP contribution in [0.1, 0.15) is 22.8 Å². The number of rotatable bonds is 5. The first kappa shape index (κ1) is 19.9. The second-order valence-corrected chi connectivity index (χ2v) is 7.54. The normalized spacial score (nSPS) is 12.3. The Bertz CT molecular complexity index is 942. The summed E-state index contributed by atoms with van der Waals surface area (Å²) in [6.07, 6.45) is -1.10. The molecule has 2 rings (SSSR count). The van der Waals surface area contributed by atoms with Gasteiger partial charge in [0.25, 0.3) is 5.91 Å². The summed E-state index contributed by atoms with van der Waals surface area (Å²) in [6.45, 7) is 2.95. The fraction of sp³-hybridized carbons (Fsp3) is 0.176. The number of nitrogens with one attached hydrogen (secondary N) is 1. The second kappa shape index (κ2) is 7.86. The highest BCUT2D eigenvalue weighted by molar-refractivity contribution is 7.89. The predicted molar refractivity (Wildman–Crippen MR) is 97.5 cm³/mol. The molecule has 1 unspecified atom stereocenters. The number of carbonyl (C=O) groups is 2. The smallest absolute Gasteiger partial charge is 0.338 e. The van der Waals surface area contributed by atoms with E-state index in [0.29, 0.717) is 16.3 Å². The molecule has 7 nitrogen and oxygen atoms in total. The number of sulfonamides is 1. The maximum Gasteiger partial charge on any atom is 0.338 e. The summed E-state index contributed by atoms with van der Waals surface area (Å²) >= 11 is 5.77. The number of benzene rings is 2. The number of halogens is 1. The van der Waals surface area contributed by atoms with E-state index in [9.17, 15) is 18.0 Å². The SMILES string of the molecule is Cc1ccc(C(=O)OC(C)C(=O)Nc2ccc(Cl)cc2)cc1S(N)(=O)=O. The number of ether oxygens (including phenoxy) is 1. The molecular weight excluding hydrogens is 380 g/mol. The van der Waals surface area contributed by atoms with Gasteiger partial charge >= 0.3 is 5.97 Å². The van der Waals surface area contributed by atoms with Crippen LogP contribution in [0.15, 0.2) is 47.4 Å². The van der Waals surface area contributed by atoms with Gasteiger partial charge in [0, 0.05) is 10.7 Å². The molecule has 0 heterocycles. The third-order valence-electron chi connectivity index (χ3n) is 3.50. The fourth-order valence-corrected chi connectivity index (χ4v) is 3.03. The van der Waals surface area contributed by atoms with Crippen LogP contribution in [0.2, 0.25) is 5.02 Å². The van der Waals surface area contributed by atoms with Gasteiger partial charge < -0.3 is 10.1 Å². The molecule has 0 aliphatic heterocycles. The summed E-state index contributed by atoms with van der Waals surface area (Å²) in [4.78, 5) is 24.1. The van der Waals surface area contributed by atoms with Gasteiger partial charge in [0.15, 0.2) is 6.10 Å². The zero-order valence-corrected chi connectivity index (χ0v) is 15.6. The van der Waals surface area contributed by atoms with Crippen molar-refractivity contribution in [1.29, 1.82) is 0 Å². The first-order valence-corrected chi connectivity index (χ1v) is 9.41. The molecule has 0 saturated carbocycles. The van der Waals surface area contributed by atoms with Gasteiger partial charge in [-0.3, -0.25) is 4.79 Å². The minimum atomic E-state index is -3.98. The molecule has 0 fully saturated rings. The maximum atomic E-state index is 12.2. The van der Waals surface area contributed by atoms with Gasteiger partial charge in [-0.2, -0.15) is 0 Å². The van der Waals surface area contributed by atoms with Gasteiger partial charge in [-0.25, -0.2) is 18.4 Å². The summed E-state index contributed by atoms with van der Waals surface area (Å²) in [6, 6.07) is 10.4. The Balaban J connectivity index is 2.09.